The summed E-state index contributed by atoms with van der Waals surface area (Å²) >= 11 is 12.5. The molecule has 2 nitrogen and oxygen atoms in total. The number of benzene rings is 2. The fourth-order valence-electron chi connectivity index (χ4n) is 2.06. The summed E-state index contributed by atoms with van der Waals surface area (Å²) in [6.45, 7) is 4.35. The summed E-state index contributed by atoms with van der Waals surface area (Å²) in [4.78, 5) is 10.8. The van der Waals surface area contributed by atoms with Crippen molar-refractivity contribution >= 4 is 29.5 Å². The van der Waals surface area contributed by atoms with Gasteiger partial charge in [0.2, 0.25) is 0 Å². The van der Waals surface area contributed by atoms with Gasteiger partial charge in [-0.3, -0.25) is 4.79 Å². The van der Waals surface area contributed by atoms with Gasteiger partial charge in [-0.15, -0.1) is 0 Å². The molecule has 0 spiro atoms. The Morgan fingerprint density at radius 2 is 1.85 bits per heavy atom. The molecule has 0 saturated carbocycles. The van der Waals surface area contributed by atoms with E-state index < -0.39 is 0 Å². The lowest BCUT2D eigenvalue weighted by molar-refractivity contribution is 0.112. The van der Waals surface area contributed by atoms with Crippen molar-refractivity contribution in [2.45, 2.75) is 13.8 Å². The Morgan fingerprint density at radius 3 is 2.45 bits per heavy atom. The molecule has 0 unspecified atom stereocenters. The average Bonchev–Trinajstić information content (AvgIpc) is 2.43. The molecule has 0 N–H and O–H groups in total. The van der Waals surface area contributed by atoms with Crippen LogP contribution in [-0.2, 0) is 0 Å². The van der Waals surface area contributed by atoms with Crippen LogP contribution in [0.15, 0.2) is 30.3 Å². The van der Waals surface area contributed by atoms with Gasteiger partial charge in [0.25, 0.3) is 0 Å². The second-order valence-corrected chi connectivity index (χ2v) is 5.20. The predicted octanol–water partition coefficient (Wildman–Crippen LogP) is 5.18. The summed E-state index contributed by atoms with van der Waals surface area (Å²) in [6.07, 6.45) is 0.823. The van der Waals surface area contributed by atoms with E-state index in [-0.39, 0.29) is 0 Å². The van der Waals surface area contributed by atoms with Gasteiger partial charge in [0.15, 0.2) is 0 Å². The zero-order valence-electron chi connectivity index (χ0n) is 11.2. The summed E-state index contributed by atoms with van der Waals surface area (Å²) in [7, 11) is 0. The third kappa shape index (κ3) is 2.97. The summed E-state index contributed by atoms with van der Waals surface area (Å²) < 4.78 is 5.41. The SMILES string of the molecule is CCOc1cc(Cl)c(-c2ccc(C=O)cc2C)cc1Cl. The molecule has 0 aliphatic rings. The highest BCUT2D eigenvalue weighted by molar-refractivity contribution is 6.36. The van der Waals surface area contributed by atoms with Crippen molar-refractivity contribution < 1.29 is 9.53 Å². The predicted molar refractivity (Wildman–Crippen MR) is 83.2 cm³/mol. The molecule has 2 rings (SSSR count). The van der Waals surface area contributed by atoms with E-state index in [1.54, 1.807) is 18.2 Å². The van der Waals surface area contributed by atoms with Crippen LogP contribution in [0.5, 0.6) is 5.75 Å². The van der Waals surface area contributed by atoms with Crippen LogP contribution in [-0.4, -0.2) is 12.9 Å². The normalized spacial score (nSPS) is 10.4. The van der Waals surface area contributed by atoms with Crippen molar-refractivity contribution in [2.75, 3.05) is 6.61 Å². The van der Waals surface area contributed by atoms with Gasteiger partial charge in [-0.1, -0.05) is 35.3 Å². The Balaban J connectivity index is 2.53. The van der Waals surface area contributed by atoms with Crippen molar-refractivity contribution in [1.29, 1.82) is 0 Å². The van der Waals surface area contributed by atoms with E-state index in [9.17, 15) is 4.79 Å². The van der Waals surface area contributed by atoms with E-state index >= 15 is 0 Å². The number of hydrogen-bond donors (Lipinski definition) is 0. The van der Waals surface area contributed by atoms with Crippen LogP contribution in [0.2, 0.25) is 10.0 Å². The molecule has 0 amide bonds. The largest absolute Gasteiger partial charge is 0.492 e. The Bertz CT molecular complexity index is 651. The minimum absolute atomic E-state index is 0.519. The molecule has 2 aromatic carbocycles. The number of carbonyl (C=O) groups is 1. The summed E-state index contributed by atoms with van der Waals surface area (Å²) in [5, 5.41) is 1.09. The monoisotopic (exact) mass is 308 g/mol. The molecular formula is C16H14Cl2O2. The standard InChI is InChI=1S/C16H14Cl2O2/c1-3-20-16-8-14(17)13(7-15(16)18)12-5-4-11(9-19)6-10(12)2/h4-9H,3H2,1-2H3. The second-order valence-electron chi connectivity index (χ2n) is 4.39. The topological polar surface area (TPSA) is 26.3 Å². The Labute approximate surface area is 128 Å². The van der Waals surface area contributed by atoms with Crippen molar-refractivity contribution in [3.8, 4) is 16.9 Å². The molecule has 0 atom stereocenters. The summed E-state index contributed by atoms with van der Waals surface area (Å²) in [6, 6.07) is 8.96. The van der Waals surface area contributed by atoms with E-state index in [1.807, 2.05) is 26.0 Å². The lowest BCUT2D eigenvalue weighted by atomic mass is 9.98. The molecule has 4 heteroatoms. The van der Waals surface area contributed by atoms with Crippen molar-refractivity contribution in [3.05, 3.63) is 51.5 Å². The second kappa shape index (κ2) is 6.29. The minimum Gasteiger partial charge on any atom is -0.492 e. The Hall–Kier alpha value is -1.51. The van der Waals surface area contributed by atoms with Crippen LogP contribution in [0.4, 0.5) is 0 Å². The zero-order chi connectivity index (χ0) is 14.7. The molecule has 0 aliphatic carbocycles. The first-order chi connectivity index (χ1) is 9.56. The highest BCUT2D eigenvalue weighted by atomic mass is 35.5. The maximum absolute atomic E-state index is 10.8. The van der Waals surface area contributed by atoms with Gasteiger partial charge in [0, 0.05) is 17.2 Å². The van der Waals surface area contributed by atoms with Gasteiger partial charge >= 0.3 is 0 Å². The fraction of sp³-hybridized carbons (Fsp3) is 0.188. The van der Waals surface area contributed by atoms with Crippen LogP contribution in [0.1, 0.15) is 22.8 Å². The van der Waals surface area contributed by atoms with Gasteiger partial charge < -0.3 is 4.74 Å². The van der Waals surface area contributed by atoms with E-state index in [1.165, 1.54) is 0 Å². The maximum atomic E-state index is 10.8. The van der Waals surface area contributed by atoms with Crippen LogP contribution in [0.3, 0.4) is 0 Å². The highest BCUT2D eigenvalue weighted by Crippen LogP contribution is 2.38. The van der Waals surface area contributed by atoms with E-state index in [0.29, 0.717) is 28.0 Å². The minimum atomic E-state index is 0.519. The first kappa shape index (κ1) is 14.9. The number of aryl methyl sites for hydroxylation is 1. The molecule has 20 heavy (non-hydrogen) atoms. The molecule has 2 aromatic rings. The number of rotatable bonds is 4. The first-order valence-electron chi connectivity index (χ1n) is 6.24. The molecular weight excluding hydrogens is 295 g/mol. The van der Waals surface area contributed by atoms with Crippen molar-refractivity contribution in [1.82, 2.24) is 0 Å². The smallest absolute Gasteiger partial charge is 0.150 e. The molecule has 0 aliphatic heterocycles. The number of hydrogen-bond acceptors (Lipinski definition) is 2. The lowest BCUT2D eigenvalue weighted by Gasteiger charge is -2.12. The van der Waals surface area contributed by atoms with Crippen LogP contribution in [0, 0.1) is 6.92 Å². The molecule has 0 saturated heterocycles. The highest BCUT2D eigenvalue weighted by Gasteiger charge is 2.12. The lowest BCUT2D eigenvalue weighted by Crippen LogP contribution is -1.94. The van der Waals surface area contributed by atoms with Crippen molar-refractivity contribution in [3.63, 3.8) is 0 Å². The van der Waals surface area contributed by atoms with E-state index in [4.69, 9.17) is 27.9 Å². The van der Waals surface area contributed by atoms with Crippen LogP contribution < -0.4 is 4.74 Å². The Kier molecular flexibility index (Phi) is 4.69. The van der Waals surface area contributed by atoms with Gasteiger partial charge in [-0.25, -0.2) is 0 Å². The fourth-order valence-corrected chi connectivity index (χ4v) is 2.54. The van der Waals surface area contributed by atoms with Crippen molar-refractivity contribution in [2.24, 2.45) is 0 Å². The zero-order valence-corrected chi connectivity index (χ0v) is 12.8. The number of aldehydes is 1. The molecule has 0 radical (unpaired) electrons. The molecule has 0 fully saturated rings. The summed E-state index contributed by atoms with van der Waals surface area (Å²) in [5.74, 6) is 0.574. The van der Waals surface area contributed by atoms with Crippen LogP contribution in [0.25, 0.3) is 11.1 Å². The summed E-state index contributed by atoms with van der Waals surface area (Å²) in [5.41, 5.74) is 3.39. The third-order valence-electron chi connectivity index (χ3n) is 3.00. The van der Waals surface area contributed by atoms with Gasteiger partial charge in [-0.2, -0.15) is 0 Å². The quantitative estimate of drug-likeness (QED) is 0.727. The molecule has 0 bridgehead atoms. The van der Waals surface area contributed by atoms with E-state index in [0.717, 1.165) is 23.0 Å². The number of carbonyl (C=O) groups excluding carboxylic acids is 1. The van der Waals surface area contributed by atoms with Crippen LogP contribution >= 0.6 is 23.2 Å². The van der Waals surface area contributed by atoms with Gasteiger partial charge in [0.1, 0.15) is 12.0 Å². The Morgan fingerprint density at radius 1 is 1.10 bits per heavy atom. The van der Waals surface area contributed by atoms with E-state index in [2.05, 4.69) is 0 Å². The third-order valence-corrected chi connectivity index (χ3v) is 3.61. The molecule has 104 valence electrons. The molecule has 0 heterocycles. The first-order valence-corrected chi connectivity index (χ1v) is 7.00. The van der Waals surface area contributed by atoms with Gasteiger partial charge in [-0.05, 0) is 37.1 Å². The maximum Gasteiger partial charge on any atom is 0.150 e. The average molecular weight is 309 g/mol. The van der Waals surface area contributed by atoms with Gasteiger partial charge in [0.05, 0.1) is 16.7 Å². The molecule has 0 aromatic heterocycles. The number of ether oxygens (including phenoxy) is 1. The number of halogens is 2.